The molecule has 2 fully saturated rings. The smallest absolute Gasteiger partial charge is 0.223 e. The summed E-state index contributed by atoms with van der Waals surface area (Å²) in [5.41, 5.74) is 0.735. The van der Waals surface area contributed by atoms with E-state index in [2.05, 4.69) is 0 Å². The zero-order chi connectivity index (χ0) is 18.2. The first-order valence-electron chi connectivity index (χ1n) is 8.82. The lowest BCUT2D eigenvalue weighted by atomic mass is 9.98. The largest absolute Gasteiger partial charge is 0.334 e. The number of halogens is 1. The number of likely N-dealkylation sites (tertiary alicyclic amines) is 1. The molecule has 0 radical (unpaired) electrons. The van der Waals surface area contributed by atoms with Gasteiger partial charge >= 0.3 is 0 Å². The molecule has 5 nitrogen and oxygen atoms in total. The topological polar surface area (TPSA) is 57.7 Å². The van der Waals surface area contributed by atoms with Crippen LogP contribution in [-0.4, -0.2) is 47.9 Å². The lowest BCUT2D eigenvalue weighted by Crippen LogP contribution is -2.44. The van der Waals surface area contributed by atoms with E-state index in [1.807, 2.05) is 0 Å². The third-order valence-corrected chi connectivity index (χ3v) is 7.47. The summed E-state index contributed by atoms with van der Waals surface area (Å²) in [5.74, 6) is -0.152. The maximum Gasteiger partial charge on any atom is 0.223 e. The molecule has 3 rings (SSSR count). The van der Waals surface area contributed by atoms with Gasteiger partial charge in [0.05, 0.1) is 5.25 Å². The fourth-order valence-corrected chi connectivity index (χ4v) is 5.20. The highest BCUT2D eigenvalue weighted by atomic mass is 32.2. The fraction of sp³-hybridized carbons (Fsp3) is 0.611. The van der Waals surface area contributed by atoms with Crippen molar-refractivity contribution in [2.75, 3.05) is 13.1 Å². The fourth-order valence-electron chi connectivity index (χ4n) is 3.84. The Morgan fingerprint density at radius 2 is 2.04 bits per heavy atom. The van der Waals surface area contributed by atoms with Crippen LogP contribution in [0.5, 0.6) is 0 Å². The third-order valence-electron chi connectivity index (χ3n) is 5.26. The summed E-state index contributed by atoms with van der Waals surface area (Å²) < 4.78 is 40.1. The van der Waals surface area contributed by atoms with Crippen LogP contribution < -0.4 is 0 Å². The Bertz CT molecular complexity index is 750. The average molecular weight is 368 g/mol. The molecule has 0 aromatic heterocycles. The quantitative estimate of drug-likeness (QED) is 0.820. The minimum absolute atomic E-state index is 0.0283. The van der Waals surface area contributed by atoms with Crippen LogP contribution in [0, 0.1) is 11.7 Å². The van der Waals surface area contributed by atoms with Gasteiger partial charge in [-0.25, -0.2) is 12.8 Å². The first-order chi connectivity index (χ1) is 11.8. The minimum atomic E-state index is -3.33. The highest BCUT2D eigenvalue weighted by Crippen LogP contribution is 2.33. The van der Waals surface area contributed by atoms with Gasteiger partial charge in [-0.2, -0.15) is 4.31 Å². The van der Waals surface area contributed by atoms with Crippen molar-refractivity contribution >= 4 is 15.9 Å². The van der Waals surface area contributed by atoms with E-state index < -0.39 is 15.3 Å². The zero-order valence-corrected chi connectivity index (χ0v) is 15.5. The number of carbonyl (C=O) groups excluding carboxylic acids is 1. The van der Waals surface area contributed by atoms with E-state index in [1.165, 1.54) is 16.4 Å². The summed E-state index contributed by atoms with van der Waals surface area (Å²) in [6.45, 7) is 4.50. The minimum Gasteiger partial charge on any atom is -0.334 e. The van der Waals surface area contributed by atoms with Crippen molar-refractivity contribution in [1.29, 1.82) is 0 Å². The van der Waals surface area contributed by atoms with Crippen LogP contribution in [0.25, 0.3) is 0 Å². The number of sulfonamides is 1. The molecular formula is C18H25FN2O3S. The Morgan fingerprint density at radius 3 is 2.72 bits per heavy atom. The number of benzene rings is 1. The lowest BCUT2D eigenvalue weighted by Gasteiger charge is -2.30. The number of hydrogen-bond donors (Lipinski definition) is 0. The van der Waals surface area contributed by atoms with Gasteiger partial charge in [0.15, 0.2) is 0 Å². The highest BCUT2D eigenvalue weighted by Gasteiger charge is 2.44. The summed E-state index contributed by atoms with van der Waals surface area (Å²) >= 11 is 0. The molecule has 0 bridgehead atoms. The van der Waals surface area contributed by atoms with Crippen LogP contribution in [0.2, 0.25) is 0 Å². The van der Waals surface area contributed by atoms with Gasteiger partial charge in [0.25, 0.3) is 0 Å². The van der Waals surface area contributed by atoms with Crippen LogP contribution in [0.4, 0.5) is 4.39 Å². The van der Waals surface area contributed by atoms with Gasteiger partial charge < -0.3 is 4.90 Å². The Labute approximate surface area is 148 Å². The molecule has 0 spiro atoms. The SMILES string of the molecule is CC(C)S(=O)(=O)N1C[C@H]2CCCC(=O)N(Cc3cccc(F)c3)[C@H]2C1. The highest BCUT2D eigenvalue weighted by molar-refractivity contribution is 7.89. The van der Waals surface area contributed by atoms with Crippen molar-refractivity contribution in [3.05, 3.63) is 35.6 Å². The second-order valence-corrected chi connectivity index (χ2v) is 9.77. The van der Waals surface area contributed by atoms with Crippen molar-refractivity contribution in [3.63, 3.8) is 0 Å². The molecular weight excluding hydrogens is 343 g/mol. The molecule has 2 aliphatic rings. The van der Waals surface area contributed by atoms with Gasteiger partial charge in [-0.15, -0.1) is 0 Å². The first-order valence-corrected chi connectivity index (χ1v) is 10.3. The monoisotopic (exact) mass is 368 g/mol. The van der Waals surface area contributed by atoms with Crippen molar-refractivity contribution in [2.45, 2.75) is 50.9 Å². The Balaban J connectivity index is 1.85. The third kappa shape index (κ3) is 3.72. The van der Waals surface area contributed by atoms with Crippen molar-refractivity contribution in [2.24, 2.45) is 5.92 Å². The maximum atomic E-state index is 13.5. The molecule has 0 aliphatic carbocycles. The molecule has 25 heavy (non-hydrogen) atoms. The maximum absolute atomic E-state index is 13.5. The average Bonchev–Trinajstić information content (AvgIpc) is 2.91. The normalized spacial score (nSPS) is 25.3. The second-order valence-electron chi connectivity index (χ2n) is 7.28. The van der Waals surface area contributed by atoms with Gasteiger partial charge in [-0.1, -0.05) is 12.1 Å². The molecule has 1 aromatic rings. The molecule has 138 valence electrons. The number of hydrogen-bond acceptors (Lipinski definition) is 3. The van der Waals surface area contributed by atoms with Crippen LogP contribution in [0.15, 0.2) is 24.3 Å². The van der Waals surface area contributed by atoms with Gasteiger partial charge in [0.2, 0.25) is 15.9 Å². The summed E-state index contributed by atoms with van der Waals surface area (Å²) in [5, 5.41) is -0.470. The molecule has 2 aliphatic heterocycles. The summed E-state index contributed by atoms with van der Waals surface area (Å²) in [7, 11) is -3.33. The molecule has 2 heterocycles. The van der Waals surface area contributed by atoms with E-state index >= 15 is 0 Å². The van der Waals surface area contributed by atoms with Gasteiger partial charge in [0, 0.05) is 32.1 Å². The van der Waals surface area contributed by atoms with Crippen molar-refractivity contribution in [1.82, 2.24) is 9.21 Å². The van der Waals surface area contributed by atoms with Crippen molar-refractivity contribution < 1.29 is 17.6 Å². The van der Waals surface area contributed by atoms with E-state index in [4.69, 9.17) is 0 Å². The summed E-state index contributed by atoms with van der Waals surface area (Å²) in [4.78, 5) is 14.4. The zero-order valence-electron chi connectivity index (χ0n) is 14.7. The predicted octanol–water partition coefficient (Wildman–Crippen LogP) is 2.38. The number of nitrogens with zero attached hydrogens (tertiary/aromatic N) is 2. The van der Waals surface area contributed by atoms with Crippen LogP contribution in [0.1, 0.15) is 38.7 Å². The number of amides is 1. The summed E-state index contributed by atoms with van der Waals surface area (Å²) in [6, 6.07) is 6.11. The summed E-state index contributed by atoms with van der Waals surface area (Å²) in [6.07, 6.45) is 2.09. The van der Waals surface area contributed by atoms with E-state index in [-0.39, 0.29) is 23.7 Å². The van der Waals surface area contributed by atoms with Crippen molar-refractivity contribution in [3.8, 4) is 0 Å². The van der Waals surface area contributed by atoms with Crippen LogP contribution >= 0.6 is 0 Å². The lowest BCUT2D eigenvalue weighted by molar-refractivity contribution is -0.133. The molecule has 0 unspecified atom stereocenters. The molecule has 0 saturated carbocycles. The molecule has 1 amide bonds. The van der Waals surface area contributed by atoms with E-state index in [0.29, 0.717) is 26.1 Å². The molecule has 0 N–H and O–H groups in total. The number of rotatable bonds is 4. The second kappa shape index (κ2) is 7.03. The van der Waals surface area contributed by atoms with Gasteiger partial charge in [-0.3, -0.25) is 4.79 Å². The molecule has 2 atom stereocenters. The van der Waals surface area contributed by atoms with Crippen LogP contribution in [-0.2, 0) is 21.4 Å². The van der Waals surface area contributed by atoms with E-state index in [0.717, 1.165) is 18.4 Å². The molecule has 1 aromatic carbocycles. The Hall–Kier alpha value is -1.47. The number of carbonyl (C=O) groups is 1. The predicted molar refractivity (Wildman–Crippen MR) is 93.7 cm³/mol. The Morgan fingerprint density at radius 1 is 1.28 bits per heavy atom. The Kier molecular flexibility index (Phi) is 5.16. The van der Waals surface area contributed by atoms with Crippen LogP contribution in [0.3, 0.4) is 0 Å². The van der Waals surface area contributed by atoms with Gasteiger partial charge in [0.1, 0.15) is 5.82 Å². The van der Waals surface area contributed by atoms with E-state index in [1.54, 1.807) is 30.9 Å². The van der Waals surface area contributed by atoms with E-state index in [9.17, 15) is 17.6 Å². The van der Waals surface area contributed by atoms with Gasteiger partial charge in [-0.05, 0) is 50.3 Å². The molecule has 7 heteroatoms. The standard InChI is InChI=1S/C18H25FN2O3S/c1-13(2)25(23,24)20-11-15-6-4-8-18(22)21(17(15)12-20)10-14-5-3-7-16(19)9-14/h3,5,7,9,13,15,17H,4,6,8,10-12H2,1-2H3/t15-,17+/m1/s1. The number of fused-ring (bicyclic) bond motifs is 1. The first kappa shape index (κ1) is 18.3. The molecule has 2 saturated heterocycles.